The van der Waals surface area contributed by atoms with Crippen LogP contribution in [0.25, 0.3) is 6.08 Å². The number of nitrogen functional groups attached to an aromatic ring is 1. The Morgan fingerprint density at radius 1 is 1.50 bits per heavy atom. The molecule has 0 fully saturated rings. The molecule has 12 heavy (non-hydrogen) atoms. The SMILES string of the molecule is N#CC=Cc1ccc(Cl)c(N)c1. The largest absolute Gasteiger partial charge is 0.398 e. The Kier molecular flexibility index (Phi) is 2.73. The van der Waals surface area contributed by atoms with Crippen LogP contribution in [0.3, 0.4) is 0 Å². The van der Waals surface area contributed by atoms with E-state index in [1.54, 1.807) is 24.3 Å². The van der Waals surface area contributed by atoms with Crippen LogP contribution >= 0.6 is 11.6 Å². The lowest BCUT2D eigenvalue weighted by Gasteiger charge is -1.97. The fourth-order valence-corrected chi connectivity index (χ4v) is 0.917. The number of nitrogens with zero attached hydrogens (tertiary/aromatic N) is 1. The second-order valence-electron chi connectivity index (χ2n) is 2.24. The van der Waals surface area contributed by atoms with Crippen molar-refractivity contribution in [1.29, 1.82) is 5.26 Å². The summed E-state index contributed by atoms with van der Waals surface area (Å²) in [6.45, 7) is 0. The van der Waals surface area contributed by atoms with Gasteiger partial charge in [0.2, 0.25) is 0 Å². The summed E-state index contributed by atoms with van der Waals surface area (Å²) in [6, 6.07) is 7.11. The van der Waals surface area contributed by atoms with Gasteiger partial charge in [-0.15, -0.1) is 0 Å². The van der Waals surface area contributed by atoms with E-state index in [9.17, 15) is 0 Å². The van der Waals surface area contributed by atoms with Crippen molar-refractivity contribution in [2.75, 3.05) is 5.73 Å². The lowest BCUT2D eigenvalue weighted by molar-refractivity contribution is 1.53. The molecule has 0 aliphatic rings. The van der Waals surface area contributed by atoms with Crippen LogP contribution in [-0.2, 0) is 0 Å². The zero-order valence-electron chi connectivity index (χ0n) is 6.29. The van der Waals surface area contributed by atoms with Crippen molar-refractivity contribution in [3.63, 3.8) is 0 Å². The molecule has 0 saturated heterocycles. The van der Waals surface area contributed by atoms with Gasteiger partial charge in [-0.1, -0.05) is 17.7 Å². The highest BCUT2D eigenvalue weighted by atomic mass is 35.5. The number of anilines is 1. The van der Waals surface area contributed by atoms with Crippen LogP contribution in [0.5, 0.6) is 0 Å². The Morgan fingerprint density at radius 3 is 2.83 bits per heavy atom. The summed E-state index contributed by atoms with van der Waals surface area (Å²) < 4.78 is 0. The van der Waals surface area contributed by atoms with Gasteiger partial charge in [-0.3, -0.25) is 0 Å². The normalized spacial score (nSPS) is 10.0. The van der Waals surface area contributed by atoms with Crippen LogP contribution in [0.1, 0.15) is 5.56 Å². The van der Waals surface area contributed by atoms with E-state index >= 15 is 0 Å². The van der Waals surface area contributed by atoms with Gasteiger partial charge in [-0.05, 0) is 23.8 Å². The number of nitrogens with two attached hydrogens (primary N) is 1. The van der Waals surface area contributed by atoms with Gasteiger partial charge in [0.05, 0.1) is 16.8 Å². The number of rotatable bonds is 1. The first-order valence-corrected chi connectivity index (χ1v) is 3.73. The van der Waals surface area contributed by atoms with Crippen LogP contribution in [0.2, 0.25) is 5.02 Å². The van der Waals surface area contributed by atoms with Gasteiger partial charge in [0.15, 0.2) is 0 Å². The summed E-state index contributed by atoms with van der Waals surface area (Å²) in [6.07, 6.45) is 3.06. The van der Waals surface area contributed by atoms with Gasteiger partial charge in [0.25, 0.3) is 0 Å². The number of allylic oxidation sites excluding steroid dienone is 1. The fraction of sp³-hybridized carbons (Fsp3) is 0. The van der Waals surface area contributed by atoms with Gasteiger partial charge < -0.3 is 5.73 Å². The van der Waals surface area contributed by atoms with Crippen molar-refractivity contribution < 1.29 is 0 Å². The summed E-state index contributed by atoms with van der Waals surface area (Å²) in [7, 11) is 0. The van der Waals surface area contributed by atoms with Crippen LogP contribution in [0.15, 0.2) is 24.3 Å². The molecule has 1 rings (SSSR count). The average Bonchev–Trinajstić information content (AvgIpc) is 2.07. The summed E-state index contributed by atoms with van der Waals surface area (Å²) in [5.74, 6) is 0. The third kappa shape index (κ3) is 2.01. The highest BCUT2D eigenvalue weighted by Crippen LogP contribution is 2.19. The third-order valence-corrected chi connectivity index (χ3v) is 1.71. The van der Waals surface area contributed by atoms with E-state index in [-0.39, 0.29) is 0 Å². The first-order valence-electron chi connectivity index (χ1n) is 3.35. The summed E-state index contributed by atoms with van der Waals surface area (Å²) in [5.41, 5.74) is 6.94. The zero-order chi connectivity index (χ0) is 8.97. The Hall–Kier alpha value is -1.46. The van der Waals surface area contributed by atoms with Crippen LogP contribution in [-0.4, -0.2) is 0 Å². The molecular formula is C9H7ClN2. The summed E-state index contributed by atoms with van der Waals surface area (Å²) in [4.78, 5) is 0. The molecule has 0 aromatic heterocycles. The molecule has 3 heteroatoms. The molecule has 0 aliphatic carbocycles. The van der Waals surface area contributed by atoms with Crippen molar-refractivity contribution in [3.05, 3.63) is 34.9 Å². The van der Waals surface area contributed by atoms with E-state index in [4.69, 9.17) is 22.6 Å². The van der Waals surface area contributed by atoms with E-state index in [1.807, 2.05) is 6.07 Å². The molecule has 0 atom stereocenters. The van der Waals surface area contributed by atoms with Crippen molar-refractivity contribution in [3.8, 4) is 6.07 Å². The average molecular weight is 179 g/mol. The van der Waals surface area contributed by atoms with Gasteiger partial charge in [-0.2, -0.15) is 5.26 Å². The third-order valence-electron chi connectivity index (χ3n) is 1.37. The number of hydrogen-bond donors (Lipinski definition) is 1. The zero-order valence-corrected chi connectivity index (χ0v) is 7.05. The number of hydrogen-bond acceptors (Lipinski definition) is 2. The fourth-order valence-electron chi connectivity index (χ4n) is 0.799. The minimum absolute atomic E-state index is 0.525. The first kappa shape index (κ1) is 8.63. The Labute approximate surface area is 75.9 Å². The maximum Gasteiger partial charge on any atom is 0.0912 e. The second kappa shape index (κ2) is 3.80. The molecule has 0 aliphatic heterocycles. The number of nitriles is 1. The Morgan fingerprint density at radius 2 is 2.25 bits per heavy atom. The number of benzene rings is 1. The first-order chi connectivity index (χ1) is 5.74. The highest BCUT2D eigenvalue weighted by Gasteiger charge is 1.94. The van der Waals surface area contributed by atoms with Crippen LogP contribution in [0.4, 0.5) is 5.69 Å². The minimum Gasteiger partial charge on any atom is -0.398 e. The van der Waals surface area contributed by atoms with Crippen molar-refractivity contribution in [1.82, 2.24) is 0 Å². The molecule has 2 N–H and O–H groups in total. The van der Waals surface area contributed by atoms with E-state index in [0.717, 1.165) is 5.56 Å². The van der Waals surface area contributed by atoms with E-state index < -0.39 is 0 Å². The lowest BCUT2D eigenvalue weighted by Crippen LogP contribution is -1.86. The molecule has 1 aromatic carbocycles. The minimum atomic E-state index is 0.525. The van der Waals surface area contributed by atoms with Crippen LogP contribution in [0, 0.1) is 11.3 Å². The lowest BCUT2D eigenvalue weighted by atomic mass is 10.2. The standard InChI is InChI=1S/C9H7ClN2/c10-8-4-3-7(2-1-5-11)6-9(8)12/h1-4,6H,12H2. The molecule has 2 nitrogen and oxygen atoms in total. The predicted octanol–water partition coefficient (Wildman–Crippen LogP) is 2.46. The van der Waals surface area contributed by atoms with E-state index in [0.29, 0.717) is 10.7 Å². The molecule has 60 valence electrons. The van der Waals surface area contributed by atoms with Crippen molar-refractivity contribution >= 4 is 23.4 Å². The molecule has 0 radical (unpaired) electrons. The molecule has 0 amide bonds. The highest BCUT2D eigenvalue weighted by molar-refractivity contribution is 6.33. The molecule has 0 spiro atoms. The van der Waals surface area contributed by atoms with Crippen molar-refractivity contribution in [2.24, 2.45) is 0 Å². The smallest absolute Gasteiger partial charge is 0.0912 e. The van der Waals surface area contributed by atoms with Crippen molar-refractivity contribution in [2.45, 2.75) is 0 Å². The van der Waals surface area contributed by atoms with E-state index in [1.165, 1.54) is 6.08 Å². The maximum absolute atomic E-state index is 8.26. The Balaban J connectivity index is 2.99. The molecular weight excluding hydrogens is 172 g/mol. The molecule has 0 heterocycles. The van der Waals surface area contributed by atoms with E-state index in [2.05, 4.69) is 0 Å². The van der Waals surface area contributed by atoms with Gasteiger partial charge >= 0.3 is 0 Å². The predicted molar refractivity (Wildman–Crippen MR) is 50.5 cm³/mol. The second-order valence-corrected chi connectivity index (χ2v) is 2.65. The monoisotopic (exact) mass is 178 g/mol. The summed E-state index contributed by atoms with van der Waals surface area (Å²) >= 11 is 5.70. The Bertz CT molecular complexity index is 350. The molecule has 0 saturated carbocycles. The quantitative estimate of drug-likeness (QED) is 0.531. The maximum atomic E-state index is 8.26. The van der Waals surface area contributed by atoms with Gasteiger partial charge in [-0.25, -0.2) is 0 Å². The van der Waals surface area contributed by atoms with Gasteiger partial charge in [0.1, 0.15) is 0 Å². The van der Waals surface area contributed by atoms with Gasteiger partial charge in [0, 0.05) is 6.08 Å². The molecule has 0 unspecified atom stereocenters. The number of halogens is 1. The topological polar surface area (TPSA) is 49.8 Å². The van der Waals surface area contributed by atoms with Crippen LogP contribution < -0.4 is 5.73 Å². The summed E-state index contributed by atoms with van der Waals surface area (Å²) in [5, 5.41) is 8.79. The molecule has 1 aromatic rings. The molecule has 0 bridgehead atoms.